The molecule has 0 spiro atoms. The molecule has 0 saturated heterocycles. The fraction of sp³-hybridized carbons (Fsp3) is 0.733. The second-order valence-electron chi connectivity index (χ2n) is 6.22. The fourth-order valence-corrected chi connectivity index (χ4v) is 2.04. The van der Waals surface area contributed by atoms with Gasteiger partial charge in [-0.3, -0.25) is 0 Å². The monoisotopic (exact) mass is 283 g/mol. The molecule has 0 aliphatic rings. The van der Waals surface area contributed by atoms with E-state index in [0.717, 1.165) is 42.6 Å². The number of aryl methyl sites for hydroxylation is 1. The highest BCUT2D eigenvalue weighted by atomic mass is 35.5. The number of nitrogens with one attached hydrogen (secondary N) is 1. The van der Waals surface area contributed by atoms with Crippen molar-refractivity contribution in [1.82, 2.24) is 9.97 Å². The number of nitrogens with zero attached hydrogens (tertiary/aromatic N) is 2. The molecule has 3 nitrogen and oxygen atoms in total. The van der Waals surface area contributed by atoms with Crippen LogP contribution in [0.1, 0.15) is 58.0 Å². The number of halogens is 1. The molecule has 1 heterocycles. The molecule has 1 aromatic heterocycles. The van der Waals surface area contributed by atoms with E-state index in [1.807, 2.05) is 13.0 Å². The molecule has 0 radical (unpaired) electrons. The van der Waals surface area contributed by atoms with E-state index >= 15 is 0 Å². The average molecular weight is 284 g/mol. The van der Waals surface area contributed by atoms with Crippen LogP contribution in [0.5, 0.6) is 0 Å². The molecule has 0 aliphatic carbocycles. The third-order valence-corrected chi connectivity index (χ3v) is 3.39. The molecule has 1 aromatic rings. The van der Waals surface area contributed by atoms with Crippen LogP contribution in [-0.4, -0.2) is 22.4 Å². The Labute approximate surface area is 122 Å². The molecular weight excluding hydrogens is 258 g/mol. The number of hydrogen-bond donors (Lipinski definition) is 1. The highest BCUT2D eigenvalue weighted by molar-refractivity contribution is 6.17. The van der Waals surface area contributed by atoms with Crippen molar-refractivity contribution in [3.63, 3.8) is 0 Å². The largest absolute Gasteiger partial charge is 0.369 e. The zero-order valence-corrected chi connectivity index (χ0v) is 13.5. The topological polar surface area (TPSA) is 37.8 Å². The van der Waals surface area contributed by atoms with Gasteiger partial charge in [0.15, 0.2) is 0 Å². The Balaban J connectivity index is 2.67. The zero-order valence-electron chi connectivity index (χ0n) is 12.8. The molecule has 0 amide bonds. The lowest BCUT2D eigenvalue weighted by Crippen LogP contribution is -2.24. The van der Waals surface area contributed by atoms with Crippen LogP contribution in [0, 0.1) is 12.3 Å². The van der Waals surface area contributed by atoms with Gasteiger partial charge in [0.1, 0.15) is 11.6 Å². The summed E-state index contributed by atoms with van der Waals surface area (Å²) in [5.74, 6) is 2.91. The number of alkyl halides is 1. The first-order chi connectivity index (χ1) is 8.84. The molecule has 19 heavy (non-hydrogen) atoms. The van der Waals surface area contributed by atoms with Crippen molar-refractivity contribution < 1.29 is 0 Å². The number of rotatable bonds is 7. The van der Waals surface area contributed by atoms with E-state index in [4.69, 9.17) is 11.6 Å². The molecule has 1 rings (SSSR count). The molecule has 0 fully saturated rings. The van der Waals surface area contributed by atoms with Gasteiger partial charge in [0, 0.05) is 30.1 Å². The summed E-state index contributed by atoms with van der Waals surface area (Å²) >= 11 is 5.76. The second kappa shape index (κ2) is 7.09. The first-order valence-corrected chi connectivity index (χ1v) is 7.53. The lowest BCUT2D eigenvalue weighted by atomic mass is 9.88. The zero-order chi connectivity index (χ0) is 14.5. The maximum absolute atomic E-state index is 5.76. The van der Waals surface area contributed by atoms with Crippen LogP contribution < -0.4 is 5.32 Å². The Hall–Kier alpha value is -0.830. The Morgan fingerprint density at radius 2 is 2.00 bits per heavy atom. The highest BCUT2D eigenvalue weighted by Crippen LogP contribution is 2.23. The highest BCUT2D eigenvalue weighted by Gasteiger charge is 2.17. The summed E-state index contributed by atoms with van der Waals surface area (Å²) in [7, 11) is 0. The van der Waals surface area contributed by atoms with E-state index in [1.54, 1.807) is 0 Å². The summed E-state index contributed by atoms with van der Waals surface area (Å²) in [6.45, 7) is 11.6. The van der Waals surface area contributed by atoms with Crippen LogP contribution in [0.3, 0.4) is 0 Å². The van der Waals surface area contributed by atoms with E-state index in [0.29, 0.717) is 5.92 Å². The maximum atomic E-state index is 5.76. The predicted molar refractivity (Wildman–Crippen MR) is 83.1 cm³/mol. The van der Waals surface area contributed by atoms with Crippen molar-refractivity contribution in [3.8, 4) is 0 Å². The normalized spacial score (nSPS) is 11.9. The van der Waals surface area contributed by atoms with E-state index in [1.165, 1.54) is 0 Å². The smallest absolute Gasteiger partial charge is 0.133 e. The van der Waals surface area contributed by atoms with Gasteiger partial charge in [-0.2, -0.15) is 0 Å². The molecule has 0 unspecified atom stereocenters. The van der Waals surface area contributed by atoms with Crippen molar-refractivity contribution in [2.24, 2.45) is 5.41 Å². The standard InChI is InChI=1S/C15H26ClN3/c1-11(2)14-18-12(3)9-13(19-14)17-10-15(4,5)7-6-8-16/h9,11H,6-8,10H2,1-5H3,(H,17,18,19). The molecule has 0 bridgehead atoms. The molecule has 4 heteroatoms. The first kappa shape index (κ1) is 16.2. The minimum absolute atomic E-state index is 0.228. The van der Waals surface area contributed by atoms with Crippen LogP contribution in [0.4, 0.5) is 5.82 Å². The molecule has 108 valence electrons. The van der Waals surface area contributed by atoms with Crippen molar-refractivity contribution in [3.05, 3.63) is 17.6 Å². The SMILES string of the molecule is Cc1cc(NCC(C)(C)CCCCl)nc(C(C)C)n1. The summed E-state index contributed by atoms with van der Waals surface area (Å²) in [5.41, 5.74) is 1.24. The van der Waals surface area contributed by atoms with Crippen molar-refractivity contribution in [2.45, 2.75) is 53.4 Å². The van der Waals surface area contributed by atoms with Gasteiger partial charge in [-0.25, -0.2) is 9.97 Å². The van der Waals surface area contributed by atoms with Crippen LogP contribution in [0.25, 0.3) is 0 Å². The fourth-order valence-electron chi connectivity index (χ4n) is 1.90. The van der Waals surface area contributed by atoms with Crippen LogP contribution in [0.15, 0.2) is 6.07 Å². The van der Waals surface area contributed by atoms with Crippen LogP contribution in [-0.2, 0) is 0 Å². The third-order valence-electron chi connectivity index (χ3n) is 3.12. The molecule has 0 aromatic carbocycles. The second-order valence-corrected chi connectivity index (χ2v) is 6.60. The molecular formula is C15H26ClN3. The molecule has 1 N–H and O–H groups in total. The van der Waals surface area contributed by atoms with Gasteiger partial charge in [0.2, 0.25) is 0 Å². The van der Waals surface area contributed by atoms with Crippen molar-refractivity contribution >= 4 is 17.4 Å². The summed E-state index contributed by atoms with van der Waals surface area (Å²) in [5, 5.41) is 3.44. The van der Waals surface area contributed by atoms with E-state index in [-0.39, 0.29) is 5.41 Å². The average Bonchev–Trinajstić information content (AvgIpc) is 2.33. The Morgan fingerprint density at radius 1 is 1.32 bits per heavy atom. The summed E-state index contributed by atoms with van der Waals surface area (Å²) in [4.78, 5) is 9.03. The minimum atomic E-state index is 0.228. The van der Waals surface area contributed by atoms with Gasteiger partial charge >= 0.3 is 0 Å². The van der Waals surface area contributed by atoms with Gasteiger partial charge in [0.25, 0.3) is 0 Å². The van der Waals surface area contributed by atoms with Gasteiger partial charge in [-0.15, -0.1) is 11.6 Å². The first-order valence-electron chi connectivity index (χ1n) is 6.99. The molecule has 0 saturated carbocycles. The van der Waals surface area contributed by atoms with Crippen LogP contribution in [0.2, 0.25) is 0 Å². The van der Waals surface area contributed by atoms with Crippen molar-refractivity contribution in [2.75, 3.05) is 17.7 Å². The van der Waals surface area contributed by atoms with E-state index in [9.17, 15) is 0 Å². The number of anilines is 1. The Morgan fingerprint density at radius 3 is 2.58 bits per heavy atom. The number of aromatic nitrogens is 2. The quantitative estimate of drug-likeness (QED) is 0.755. The van der Waals surface area contributed by atoms with Gasteiger partial charge in [-0.05, 0) is 25.2 Å². The number of hydrogen-bond acceptors (Lipinski definition) is 3. The Bertz CT molecular complexity index is 402. The lowest BCUT2D eigenvalue weighted by molar-refractivity contribution is 0.355. The Kier molecular flexibility index (Phi) is 6.05. The predicted octanol–water partition coefficient (Wildman–Crippen LogP) is 4.37. The minimum Gasteiger partial charge on any atom is -0.369 e. The van der Waals surface area contributed by atoms with E-state index < -0.39 is 0 Å². The summed E-state index contributed by atoms with van der Waals surface area (Å²) < 4.78 is 0. The summed E-state index contributed by atoms with van der Waals surface area (Å²) in [6, 6.07) is 2.00. The van der Waals surface area contributed by atoms with E-state index in [2.05, 4.69) is 43.0 Å². The van der Waals surface area contributed by atoms with Gasteiger partial charge in [-0.1, -0.05) is 27.7 Å². The van der Waals surface area contributed by atoms with Crippen LogP contribution >= 0.6 is 11.6 Å². The lowest BCUT2D eigenvalue weighted by Gasteiger charge is -2.25. The van der Waals surface area contributed by atoms with Gasteiger partial charge in [0.05, 0.1) is 0 Å². The van der Waals surface area contributed by atoms with Gasteiger partial charge < -0.3 is 5.32 Å². The maximum Gasteiger partial charge on any atom is 0.133 e. The third kappa shape index (κ3) is 5.77. The molecule has 0 aliphatic heterocycles. The van der Waals surface area contributed by atoms with Crippen molar-refractivity contribution in [1.29, 1.82) is 0 Å². The molecule has 0 atom stereocenters. The summed E-state index contributed by atoms with van der Waals surface area (Å²) in [6.07, 6.45) is 2.17.